The molecule has 1 atom stereocenters. The van der Waals surface area contributed by atoms with E-state index < -0.39 is 0 Å². The fourth-order valence-corrected chi connectivity index (χ4v) is 3.55. The Balaban J connectivity index is 1.63. The zero-order valence-corrected chi connectivity index (χ0v) is 12.8. The molecule has 6 nitrogen and oxygen atoms in total. The number of ether oxygens (including phenoxy) is 2. The van der Waals surface area contributed by atoms with E-state index in [9.17, 15) is 0 Å². The number of anilines is 1. The van der Waals surface area contributed by atoms with E-state index in [-0.39, 0.29) is 12.8 Å². The van der Waals surface area contributed by atoms with E-state index in [4.69, 9.17) is 9.47 Å². The zero-order valence-electron chi connectivity index (χ0n) is 12.0. The SMILES string of the molecule is C1=C(c2cccs2)Nc2ncnn2C1c1ccc2c(c1)OCO2. The van der Waals surface area contributed by atoms with Crippen LogP contribution in [0.1, 0.15) is 16.5 Å². The van der Waals surface area contributed by atoms with Gasteiger partial charge in [0.15, 0.2) is 11.5 Å². The number of fused-ring (bicyclic) bond motifs is 2. The molecule has 23 heavy (non-hydrogen) atoms. The highest BCUT2D eigenvalue weighted by atomic mass is 32.1. The summed E-state index contributed by atoms with van der Waals surface area (Å²) in [6, 6.07) is 10.1. The van der Waals surface area contributed by atoms with Crippen LogP contribution in [0.5, 0.6) is 11.5 Å². The molecule has 0 spiro atoms. The van der Waals surface area contributed by atoms with Crippen LogP contribution >= 0.6 is 11.3 Å². The Morgan fingerprint density at radius 2 is 2.17 bits per heavy atom. The molecule has 5 rings (SSSR count). The van der Waals surface area contributed by atoms with Crippen molar-refractivity contribution in [2.45, 2.75) is 6.04 Å². The van der Waals surface area contributed by atoms with Crippen LogP contribution in [-0.4, -0.2) is 21.6 Å². The van der Waals surface area contributed by atoms with Gasteiger partial charge in [-0.1, -0.05) is 12.1 Å². The summed E-state index contributed by atoms with van der Waals surface area (Å²) >= 11 is 1.69. The summed E-state index contributed by atoms with van der Waals surface area (Å²) in [7, 11) is 0. The van der Waals surface area contributed by atoms with Gasteiger partial charge >= 0.3 is 0 Å². The first-order valence-corrected chi connectivity index (χ1v) is 8.08. The summed E-state index contributed by atoms with van der Waals surface area (Å²) in [4.78, 5) is 5.48. The highest BCUT2D eigenvalue weighted by Gasteiger charge is 2.25. The number of benzene rings is 1. The Hall–Kier alpha value is -2.80. The van der Waals surface area contributed by atoms with Gasteiger partial charge in [-0.3, -0.25) is 0 Å². The van der Waals surface area contributed by atoms with Gasteiger partial charge in [0.05, 0.1) is 10.6 Å². The lowest BCUT2D eigenvalue weighted by atomic mass is 10.0. The molecule has 0 bridgehead atoms. The van der Waals surface area contributed by atoms with Gasteiger partial charge in [-0.15, -0.1) is 11.3 Å². The fourth-order valence-electron chi connectivity index (χ4n) is 2.84. The third kappa shape index (κ3) is 2.01. The normalized spacial score (nSPS) is 18.3. The second-order valence-electron chi connectivity index (χ2n) is 5.27. The monoisotopic (exact) mass is 324 g/mol. The number of nitrogens with one attached hydrogen (secondary N) is 1. The molecule has 0 radical (unpaired) electrons. The first kappa shape index (κ1) is 12.7. The minimum atomic E-state index is -0.0413. The van der Waals surface area contributed by atoms with Crippen molar-refractivity contribution in [3.8, 4) is 11.5 Å². The first-order chi connectivity index (χ1) is 11.4. The molecule has 4 heterocycles. The molecule has 0 amide bonds. The molecule has 0 fully saturated rings. The van der Waals surface area contributed by atoms with Crippen LogP contribution in [0.4, 0.5) is 5.95 Å². The van der Waals surface area contributed by atoms with Gasteiger partial charge in [-0.05, 0) is 35.2 Å². The van der Waals surface area contributed by atoms with E-state index >= 15 is 0 Å². The number of aromatic nitrogens is 3. The highest BCUT2D eigenvalue weighted by Crippen LogP contribution is 2.38. The molecule has 0 saturated carbocycles. The van der Waals surface area contributed by atoms with Crippen molar-refractivity contribution in [1.29, 1.82) is 0 Å². The quantitative estimate of drug-likeness (QED) is 0.785. The summed E-state index contributed by atoms with van der Waals surface area (Å²) in [6.45, 7) is 0.274. The summed E-state index contributed by atoms with van der Waals surface area (Å²) < 4.78 is 12.8. The maximum Gasteiger partial charge on any atom is 0.231 e. The maximum atomic E-state index is 5.50. The number of allylic oxidation sites excluding steroid dienone is 1. The number of hydrogen-bond donors (Lipinski definition) is 1. The number of thiophene rings is 1. The molecule has 1 unspecified atom stereocenters. The number of hydrogen-bond acceptors (Lipinski definition) is 6. The first-order valence-electron chi connectivity index (χ1n) is 7.20. The van der Waals surface area contributed by atoms with E-state index in [1.54, 1.807) is 17.7 Å². The van der Waals surface area contributed by atoms with Crippen molar-refractivity contribution in [1.82, 2.24) is 14.8 Å². The molecule has 1 N–H and O–H groups in total. The molecule has 0 saturated heterocycles. The molecular weight excluding hydrogens is 312 g/mol. The topological polar surface area (TPSA) is 61.2 Å². The van der Waals surface area contributed by atoms with Crippen LogP contribution in [0.2, 0.25) is 0 Å². The summed E-state index contributed by atoms with van der Waals surface area (Å²) in [5.41, 5.74) is 2.12. The lowest BCUT2D eigenvalue weighted by Gasteiger charge is -2.23. The van der Waals surface area contributed by atoms with Crippen molar-refractivity contribution in [2.75, 3.05) is 12.1 Å². The lowest BCUT2D eigenvalue weighted by molar-refractivity contribution is 0.174. The minimum absolute atomic E-state index is 0.0413. The molecule has 2 aliphatic heterocycles. The average molecular weight is 324 g/mol. The second kappa shape index (κ2) is 4.85. The standard InChI is InChI=1S/C16H12N4O2S/c1-2-15(23-5-1)11-7-12(20-16(19-11)17-8-18-20)10-3-4-13-14(6-10)22-9-21-13/h1-8,12H,9H2,(H,17,18,19). The third-order valence-electron chi connectivity index (χ3n) is 3.93. The van der Waals surface area contributed by atoms with Gasteiger partial charge in [0.1, 0.15) is 12.4 Å². The van der Waals surface area contributed by atoms with E-state index in [2.05, 4.69) is 32.9 Å². The van der Waals surface area contributed by atoms with Crippen LogP contribution in [-0.2, 0) is 0 Å². The predicted molar refractivity (Wildman–Crippen MR) is 86.6 cm³/mol. The van der Waals surface area contributed by atoms with Gasteiger partial charge in [0, 0.05) is 0 Å². The van der Waals surface area contributed by atoms with Gasteiger partial charge in [0.2, 0.25) is 12.7 Å². The lowest BCUT2D eigenvalue weighted by Crippen LogP contribution is -2.19. The van der Waals surface area contributed by atoms with Crippen molar-refractivity contribution >= 4 is 23.0 Å². The van der Waals surface area contributed by atoms with E-state index in [1.807, 2.05) is 28.9 Å². The van der Waals surface area contributed by atoms with Crippen molar-refractivity contribution < 1.29 is 9.47 Å². The van der Waals surface area contributed by atoms with Crippen LogP contribution in [0.15, 0.2) is 48.1 Å². The smallest absolute Gasteiger partial charge is 0.231 e. The van der Waals surface area contributed by atoms with Crippen molar-refractivity contribution in [3.63, 3.8) is 0 Å². The average Bonchev–Trinajstić information content (AvgIpc) is 3.32. The summed E-state index contributed by atoms with van der Waals surface area (Å²) in [5, 5.41) is 9.75. The van der Waals surface area contributed by atoms with Gasteiger partial charge in [-0.2, -0.15) is 10.1 Å². The Labute approximate surface area is 136 Å². The van der Waals surface area contributed by atoms with E-state index in [1.165, 1.54) is 4.88 Å². The molecule has 114 valence electrons. The number of rotatable bonds is 2. The molecule has 2 aliphatic rings. The van der Waals surface area contributed by atoms with E-state index in [0.29, 0.717) is 0 Å². The number of nitrogens with zero attached hydrogens (tertiary/aromatic N) is 3. The Morgan fingerprint density at radius 1 is 1.22 bits per heavy atom. The van der Waals surface area contributed by atoms with Crippen LogP contribution in [0.3, 0.4) is 0 Å². The Bertz CT molecular complexity index is 901. The molecule has 7 heteroatoms. The largest absolute Gasteiger partial charge is 0.454 e. The molecule has 0 aliphatic carbocycles. The third-order valence-corrected chi connectivity index (χ3v) is 4.84. The Kier molecular flexibility index (Phi) is 2.68. The van der Waals surface area contributed by atoms with Crippen LogP contribution in [0, 0.1) is 0 Å². The maximum absolute atomic E-state index is 5.50. The predicted octanol–water partition coefficient (Wildman–Crippen LogP) is 3.12. The van der Waals surface area contributed by atoms with Crippen LogP contribution in [0.25, 0.3) is 5.70 Å². The van der Waals surface area contributed by atoms with Crippen LogP contribution < -0.4 is 14.8 Å². The summed E-state index contributed by atoms with van der Waals surface area (Å²) in [5.74, 6) is 2.29. The van der Waals surface area contributed by atoms with Crippen molar-refractivity contribution in [2.24, 2.45) is 0 Å². The summed E-state index contributed by atoms with van der Waals surface area (Å²) in [6.07, 6.45) is 3.72. The van der Waals surface area contributed by atoms with Crippen molar-refractivity contribution in [3.05, 3.63) is 58.6 Å². The molecule has 2 aromatic heterocycles. The fraction of sp³-hybridized carbons (Fsp3) is 0.125. The van der Waals surface area contributed by atoms with Gasteiger partial charge in [0.25, 0.3) is 0 Å². The molecule has 1 aromatic carbocycles. The minimum Gasteiger partial charge on any atom is -0.454 e. The Morgan fingerprint density at radius 3 is 3.09 bits per heavy atom. The molecular formula is C16H12N4O2S. The van der Waals surface area contributed by atoms with E-state index in [0.717, 1.165) is 28.7 Å². The highest BCUT2D eigenvalue weighted by molar-refractivity contribution is 7.11. The molecule has 3 aromatic rings. The van der Waals surface area contributed by atoms with Gasteiger partial charge < -0.3 is 14.8 Å². The van der Waals surface area contributed by atoms with Gasteiger partial charge in [-0.25, -0.2) is 4.68 Å². The second-order valence-corrected chi connectivity index (χ2v) is 6.22. The zero-order chi connectivity index (χ0) is 15.2.